The first-order valence-corrected chi connectivity index (χ1v) is 10.1. The Kier molecular flexibility index (Phi) is 4.05. The average molecular weight is 403 g/mol. The summed E-state index contributed by atoms with van der Waals surface area (Å²) in [6.45, 7) is 4.05. The zero-order valence-corrected chi connectivity index (χ0v) is 16.0. The number of hydrogen-bond donors (Lipinski definition) is 1. The number of H-pyrrole nitrogens is 1. The molecule has 0 unspecified atom stereocenters. The van der Waals surface area contributed by atoms with Crippen molar-refractivity contribution in [3.63, 3.8) is 0 Å². The summed E-state index contributed by atoms with van der Waals surface area (Å²) in [6, 6.07) is 11.4. The molecule has 0 spiro atoms. The zero-order valence-electron chi connectivity index (χ0n) is 14.5. The number of aromatic amines is 1. The maximum atomic E-state index is 13.1. The molecule has 7 nitrogen and oxygen atoms in total. The normalized spacial score (nSPS) is 12.3. The number of rotatable bonds is 3. The lowest BCUT2D eigenvalue weighted by molar-refractivity contribution is 0.592. The molecular formula is C18H15ClN4O3S. The van der Waals surface area contributed by atoms with Gasteiger partial charge in [0.15, 0.2) is 5.65 Å². The molecule has 2 heterocycles. The molecule has 0 saturated heterocycles. The quantitative estimate of drug-likeness (QED) is 0.567. The summed E-state index contributed by atoms with van der Waals surface area (Å²) >= 11 is 6.20. The van der Waals surface area contributed by atoms with Gasteiger partial charge in [0.05, 0.1) is 15.3 Å². The van der Waals surface area contributed by atoms with E-state index in [1.807, 2.05) is 13.8 Å². The second-order valence-electron chi connectivity index (χ2n) is 6.47. The smallest absolute Gasteiger partial charge is 0.259 e. The topological polar surface area (TPSA) is 97.2 Å². The third-order valence-corrected chi connectivity index (χ3v) is 6.41. The van der Waals surface area contributed by atoms with E-state index in [1.165, 1.54) is 16.6 Å². The van der Waals surface area contributed by atoms with E-state index in [-0.39, 0.29) is 26.5 Å². The van der Waals surface area contributed by atoms with Crippen molar-refractivity contribution in [3.8, 4) is 0 Å². The van der Waals surface area contributed by atoms with Crippen LogP contribution in [0, 0.1) is 0 Å². The Labute approximate surface area is 159 Å². The first-order chi connectivity index (χ1) is 12.8. The van der Waals surface area contributed by atoms with E-state index in [4.69, 9.17) is 11.6 Å². The van der Waals surface area contributed by atoms with Crippen LogP contribution < -0.4 is 5.56 Å². The van der Waals surface area contributed by atoms with Gasteiger partial charge in [0.1, 0.15) is 5.52 Å². The molecule has 0 aliphatic carbocycles. The second-order valence-corrected chi connectivity index (χ2v) is 8.74. The van der Waals surface area contributed by atoms with E-state index >= 15 is 0 Å². The van der Waals surface area contributed by atoms with Crippen LogP contribution in [0.5, 0.6) is 0 Å². The molecule has 2 aromatic carbocycles. The Balaban J connectivity index is 1.98. The van der Waals surface area contributed by atoms with Crippen molar-refractivity contribution in [1.82, 2.24) is 19.8 Å². The van der Waals surface area contributed by atoms with Gasteiger partial charge in [-0.15, -0.1) is 5.10 Å². The predicted octanol–water partition coefficient (Wildman–Crippen LogP) is 3.18. The lowest BCUT2D eigenvalue weighted by atomic mass is 10.0. The van der Waals surface area contributed by atoms with Gasteiger partial charge in [0, 0.05) is 0 Å². The van der Waals surface area contributed by atoms with Gasteiger partial charge in [-0.3, -0.25) is 4.79 Å². The Morgan fingerprint density at radius 2 is 1.81 bits per heavy atom. The molecule has 0 saturated carbocycles. The van der Waals surface area contributed by atoms with Gasteiger partial charge in [-0.1, -0.05) is 48.9 Å². The molecule has 138 valence electrons. The molecule has 0 aliphatic heterocycles. The van der Waals surface area contributed by atoms with Crippen molar-refractivity contribution in [2.45, 2.75) is 29.7 Å². The second kappa shape index (κ2) is 6.17. The van der Waals surface area contributed by atoms with Gasteiger partial charge in [0.2, 0.25) is 14.9 Å². The molecule has 2 aromatic heterocycles. The lowest BCUT2D eigenvalue weighted by Crippen LogP contribution is -2.12. The molecule has 0 bridgehead atoms. The molecule has 27 heavy (non-hydrogen) atoms. The van der Waals surface area contributed by atoms with Crippen LogP contribution in [0.1, 0.15) is 25.3 Å². The highest BCUT2D eigenvalue weighted by Crippen LogP contribution is 2.26. The predicted molar refractivity (Wildman–Crippen MR) is 102 cm³/mol. The lowest BCUT2D eigenvalue weighted by Gasteiger charge is -2.07. The van der Waals surface area contributed by atoms with Crippen molar-refractivity contribution >= 4 is 38.0 Å². The minimum absolute atomic E-state index is 0.0199. The molecule has 9 heteroatoms. The minimum atomic E-state index is -3.97. The van der Waals surface area contributed by atoms with Crippen LogP contribution >= 0.6 is 11.6 Å². The van der Waals surface area contributed by atoms with E-state index in [0.717, 1.165) is 5.56 Å². The Morgan fingerprint density at radius 3 is 2.48 bits per heavy atom. The van der Waals surface area contributed by atoms with Crippen molar-refractivity contribution in [1.29, 1.82) is 0 Å². The Bertz CT molecular complexity index is 1340. The van der Waals surface area contributed by atoms with Gasteiger partial charge >= 0.3 is 0 Å². The fourth-order valence-electron chi connectivity index (χ4n) is 2.94. The van der Waals surface area contributed by atoms with Gasteiger partial charge in [-0.2, -0.15) is 4.52 Å². The van der Waals surface area contributed by atoms with Gasteiger partial charge in [-0.05, 0) is 35.7 Å². The van der Waals surface area contributed by atoms with Crippen molar-refractivity contribution in [2.24, 2.45) is 0 Å². The molecule has 0 fully saturated rings. The van der Waals surface area contributed by atoms with Crippen molar-refractivity contribution in [2.75, 3.05) is 0 Å². The number of benzene rings is 2. The van der Waals surface area contributed by atoms with Crippen LogP contribution in [-0.4, -0.2) is 28.2 Å². The van der Waals surface area contributed by atoms with Gasteiger partial charge in [0.25, 0.3) is 5.56 Å². The van der Waals surface area contributed by atoms with E-state index in [2.05, 4.69) is 15.3 Å². The van der Waals surface area contributed by atoms with Gasteiger partial charge in [-0.25, -0.2) is 8.42 Å². The molecule has 0 amide bonds. The minimum Gasteiger partial charge on any atom is -0.304 e. The van der Waals surface area contributed by atoms with Gasteiger partial charge < -0.3 is 4.98 Å². The number of hydrogen-bond acceptors (Lipinski definition) is 5. The summed E-state index contributed by atoms with van der Waals surface area (Å²) in [7, 11) is -3.97. The molecule has 0 atom stereocenters. The van der Waals surface area contributed by atoms with E-state index in [9.17, 15) is 13.2 Å². The number of sulfone groups is 1. The fourth-order valence-corrected chi connectivity index (χ4v) is 4.45. The van der Waals surface area contributed by atoms with Crippen LogP contribution in [0.15, 0.2) is 57.2 Å². The van der Waals surface area contributed by atoms with Crippen LogP contribution in [0.25, 0.3) is 16.6 Å². The fraction of sp³-hybridized carbons (Fsp3) is 0.167. The molecule has 0 radical (unpaired) electrons. The number of nitrogens with one attached hydrogen (secondary N) is 1. The molecular weight excluding hydrogens is 388 g/mol. The first kappa shape index (κ1) is 17.7. The zero-order chi connectivity index (χ0) is 19.3. The van der Waals surface area contributed by atoms with Crippen LogP contribution in [0.4, 0.5) is 0 Å². The highest BCUT2D eigenvalue weighted by atomic mass is 35.5. The summed E-state index contributed by atoms with van der Waals surface area (Å²) in [5.74, 6) is 0.279. The largest absolute Gasteiger partial charge is 0.304 e. The number of aromatic nitrogens is 4. The van der Waals surface area contributed by atoms with E-state index < -0.39 is 15.4 Å². The Morgan fingerprint density at radius 1 is 1.11 bits per heavy atom. The third-order valence-electron chi connectivity index (χ3n) is 4.43. The van der Waals surface area contributed by atoms with Crippen molar-refractivity contribution < 1.29 is 8.42 Å². The van der Waals surface area contributed by atoms with E-state index in [0.29, 0.717) is 10.9 Å². The van der Waals surface area contributed by atoms with Crippen molar-refractivity contribution in [3.05, 3.63) is 63.4 Å². The maximum Gasteiger partial charge on any atom is 0.259 e. The number of fused-ring (bicyclic) bond motifs is 3. The standard InChI is InChI=1S/C18H15ClN4O3S/c1-10(2)11-6-8-12(9-7-11)27(25,26)18-16-20-17(24)13-4-3-5-14(19)15(13)23(16)22-21-18/h3-10H,1-2H3,(H,20,24). The summed E-state index contributed by atoms with van der Waals surface area (Å²) in [6.07, 6.45) is 0. The average Bonchev–Trinajstić information content (AvgIpc) is 3.06. The van der Waals surface area contributed by atoms with Crippen LogP contribution in [0.2, 0.25) is 5.02 Å². The molecule has 4 rings (SSSR count). The number of nitrogens with zero attached hydrogens (tertiary/aromatic N) is 3. The highest BCUT2D eigenvalue weighted by Gasteiger charge is 2.26. The SMILES string of the molecule is CC(C)c1ccc(S(=O)(=O)c2nnn3c2[nH]c(=O)c2cccc(Cl)c23)cc1. The monoisotopic (exact) mass is 402 g/mol. The third kappa shape index (κ3) is 2.72. The van der Waals surface area contributed by atoms with Crippen LogP contribution in [-0.2, 0) is 9.84 Å². The maximum absolute atomic E-state index is 13.1. The first-order valence-electron chi connectivity index (χ1n) is 8.21. The highest BCUT2D eigenvalue weighted by molar-refractivity contribution is 7.91. The summed E-state index contributed by atoms with van der Waals surface area (Å²) in [5, 5.41) is 8.00. The molecule has 1 N–H and O–H groups in total. The molecule has 4 aromatic rings. The summed E-state index contributed by atoms with van der Waals surface area (Å²) in [4.78, 5) is 15.0. The summed E-state index contributed by atoms with van der Waals surface area (Å²) in [5.41, 5.74) is 0.845. The number of para-hydroxylation sites is 1. The summed E-state index contributed by atoms with van der Waals surface area (Å²) < 4.78 is 27.3. The molecule has 0 aliphatic rings. The Hall–Kier alpha value is -2.71. The van der Waals surface area contributed by atoms with Crippen LogP contribution in [0.3, 0.4) is 0 Å². The number of halogens is 1. The van der Waals surface area contributed by atoms with E-state index in [1.54, 1.807) is 30.3 Å².